The first-order valence-corrected chi connectivity index (χ1v) is 13.6. The minimum atomic E-state index is -0.853. The summed E-state index contributed by atoms with van der Waals surface area (Å²) < 4.78 is 18.9. The van der Waals surface area contributed by atoms with Crippen LogP contribution in [0.1, 0.15) is 37.2 Å². The Hall–Kier alpha value is -3.74. The highest BCUT2D eigenvalue weighted by molar-refractivity contribution is 9.10. The number of carbonyl (C=O) groups excluding carboxylic acids is 1. The maximum Gasteiger partial charge on any atom is 0.338 e. The first-order valence-electron chi connectivity index (χ1n) is 11.6. The fourth-order valence-electron chi connectivity index (χ4n) is 4.23. The highest BCUT2D eigenvalue weighted by Gasteiger charge is 2.35. The van der Waals surface area contributed by atoms with Crippen LogP contribution >= 0.6 is 38.9 Å². The zero-order valence-corrected chi connectivity index (χ0v) is 23.8. The molecule has 1 aliphatic heterocycles. The Morgan fingerprint density at radius 3 is 2.72 bits per heavy atom. The Morgan fingerprint density at radius 1 is 1.28 bits per heavy atom. The van der Waals surface area contributed by atoms with Crippen LogP contribution in [0.5, 0.6) is 0 Å². The molecular formula is C26H19BrClN3O7S. The standard InChI is InChI=1S/C26H19BrClN3O7S/c1-4-36-25(33)21-13(3)29-26-30(23(21)19-7-5-12(2)37-19)24(32)20(39-26)11-15-6-8-18(38-15)14-9-16(28)22(27)17(10-14)31(34)35/h5-11,23H,4H2,1-3H3/b20-11-/t23-/m0/s1. The summed E-state index contributed by atoms with van der Waals surface area (Å²) >= 11 is 10.4. The van der Waals surface area contributed by atoms with Gasteiger partial charge in [0.25, 0.3) is 11.2 Å². The number of furan rings is 2. The van der Waals surface area contributed by atoms with Crippen LogP contribution in [0.4, 0.5) is 5.69 Å². The third-order valence-electron chi connectivity index (χ3n) is 5.94. The summed E-state index contributed by atoms with van der Waals surface area (Å²) in [5.74, 6) is 1.12. The summed E-state index contributed by atoms with van der Waals surface area (Å²) in [6.07, 6.45) is 1.55. The van der Waals surface area contributed by atoms with Gasteiger partial charge in [-0.05, 0) is 67.0 Å². The van der Waals surface area contributed by atoms with E-state index in [2.05, 4.69) is 20.9 Å². The SMILES string of the molecule is CCOC(=O)C1=C(C)N=c2s/c(=C\c3ccc(-c4cc(Cl)c(Br)c([N+](=O)[O-])c4)o3)c(=O)n2[C@H]1c1ccc(C)o1. The van der Waals surface area contributed by atoms with Gasteiger partial charge in [-0.3, -0.25) is 19.5 Å². The van der Waals surface area contributed by atoms with E-state index in [0.717, 1.165) is 11.3 Å². The molecule has 13 heteroatoms. The van der Waals surface area contributed by atoms with E-state index in [1.54, 1.807) is 57.2 Å². The van der Waals surface area contributed by atoms with Crippen molar-refractivity contribution in [2.45, 2.75) is 26.8 Å². The summed E-state index contributed by atoms with van der Waals surface area (Å²) in [6, 6.07) is 8.77. The van der Waals surface area contributed by atoms with Crippen LogP contribution < -0.4 is 14.9 Å². The first kappa shape index (κ1) is 26.9. The predicted octanol–water partition coefficient (Wildman–Crippen LogP) is 5.28. The van der Waals surface area contributed by atoms with Crippen molar-refractivity contribution in [1.82, 2.24) is 4.57 Å². The van der Waals surface area contributed by atoms with Crippen molar-refractivity contribution in [3.05, 3.63) is 104 Å². The highest BCUT2D eigenvalue weighted by atomic mass is 79.9. The molecule has 0 spiro atoms. The second-order valence-corrected chi connectivity index (χ2v) is 10.7. The number of nitro benzene ring substituents is 1. The smallest absolute Gasteiger partial charge is 0.338 e. The Morgan fingerprint density at radius 2 is 2.05 bits per heavy atom. The van der Waals surface area contributed by atoms with E-state index >= 15 is 0 Å². The van der Waals surface area contributed by atoms with Crippen LogP contribution in [0, 0.1) is 17.0 Å². The molecule has 0 fully saturated rings. The van der Waals surface area contributed by atoms with Gasteiger partial charge in [0.05, 0.1) is 32.4 Å². The number of thiazole rings is 1. The van der Waals surface area contributed by atoms with Gasteiger partial charge in [0.1, 0.15) is 33.6 Å². The average Bonchev–Trinajstić information content (AvgIpc) is 3.60. The van der Waals surface area contributed by atoms with Crippen LogP contribution in [0.25, 0.3) is 17.4 Å². The molecule has 0 aliphatic carbocycles. The Kier molecular flexibility index (Phi) is 7.19. The molecule has 5 rings (SSSR count). The van der Waals surface area contributed by atoms with Crippen molar-refractivity contribution in [3.63, 3.8) is 0 Å². The molecule has 0 saturated carbocycles. The number of allylic oxidation sites excluding steroid dienone is 1. The van der Waals surface area contributed by atoms with E-state index in [1.165, 1.54) is 10.6 Å². The summed E-state index contributed by atoms with van der Waals surface area (Å²) in [7, 11) is 0. The number of carbonyl (C=O) groups is 1. The van der Waals surface area contributed by atoms with E-state index in [4.69, 9.17) is 25.2 Å². The van der Waals surface area contributed by atoms with Crippen LogP contribution in [0.2, 0.25) is 5.02 Å². The third-order valence-corrected chi connectivity index (χ3v) is 8.28. The largest absolute Gasteiger partial charge is 0.464 e. The Bertz CT molecular complexity index is 1860. The highest BCUT2D eigenvalue weighted by Crippen LogP contribution is 2.37. The summed E-state index contributed by atoms with van der Waals surface area (Å²) in [5.41, 5.74) is 0.449. The van der Waals surface area contributed by atoms with Crippen molar-refractivity contribution in [3.8, 4) is 11.3 Å². The lowest BCUT2D eigenvalue weighted by atomic mass is 10.0. The number of fused-ring (bicyclic) bond motifs is 1. The zero-order chi connectivity index (χ0) is 28.0. The predicted molar refractivity (Wildman–Crippen MR) is 147 cm³/mol. The van der Waals surface area contributed by atoms with Gasteiger partial charge in [-0.2, -0.15) is 0 Å². The lowest BCUT2D eigenvalue weighted by Crippen LogP contribution is -2.39. The first-order chi connectivity index (χ1) is 18.6. The fourth-order valence-corrected chi connectivity index (χ4v) is 5.84. The van der Waals surface area contributed by atoms with Crippen molar-refractivity contribution in [2.24, 2.45) is 4.99 Å². The number of ether oxygens (including phenoxy) is 1. The van der Waals surface area contributed by atoms with E-state index in [0.29, 0.717) is 43.6 Å². The maximum absolute atomic E-state index is 13.6. The molecule has 200 valence electrons. The molecule has 0 saturated heterocycles. The van der Waals surface area contributed by atoms with Gasteiger partial charge in [0.2, 0.25) is 0 Å². The van der Waals surface area contributed by atoms with E-state index in [9.17, 15) is 19.7 Å². The maximum atomic E-state index is 13.6. The summed E-state index contributed by atoms with van der Waals surface area (Å²) in [5, 5.41) is 11.5. The molecule has 1 atom stereocenters. The molecule has 4 heterocycles. The molecule has 4 aromatic rings. The van der Waals surface area contributed by atoms with Gasteiger partial charge < -0.3 is 13.6 Å². The monoisotopic (exact) mass is 631 g/mol. The molecular weight excluding hydrogens is 614 g/mol. The van der Waals surface area contributed by atoms with Crippen molar-refractivity contribution in [2.75, 3.05) is 6.61 Å². The minimum Gasteiger partial charge on any atom is -0.464 e. The second-order valence-electron chi connectivity index (χ2n) is 8.50. The molecule has 39 heavy (non-hydrogen) atoms. The van der Waals surface area contributed by atoms with Gasteiger partial charge >= 0.3 is 5.97 Å². The average molecular weight is 633 g/mol. The normalized spacial score (nSPS) is 15.3. The van der Waals surface area contributed by atoms with Crippen LogP contribution in [0.3, 0.4) is 0 Å². The second kappa shape index (κ2) is 10.4. The molecule has 10 nitrogen and oxygen atoms in total. The van der Waals surface area contributed by atoms with Crippen molar-refractivity contribution in [1.29, 1.82) is 0 Å². The van der Waals surface area contributed by atoms with Crippen LogP contribution in [-0.4, -0.2) is 22.1 Å². The van der Waals surface area contributed by atoms with Crippen LogP contribution in [0.15, 0.2) is 70.8 Å². The number of nitro groups is 1. The van der Waals surface area contributed by atoms with Gasteiger partial charge in [-0.15, -0.1) is 0 Å². The minimum absolute atomic E-state index is 0.159. The third kappa shape index (κ3) is 4.90. The molecule has 0 N–H and O–H groups in total. The van der Waals surface area contributed by atoms with E-state index in [1.807, 2.05) is 0 Å². The number of esters is 1. The number of aromatic nitrogens is 1. The molecule has 0 bridgehead atoms. The summed E-state index contributed by atoms with van der Waals surface area (Å²) in [6.45, 7) is 5.33. The Balaban J connectivity index is 1.61. The van der Waals surface area contributed by atoms with Gasteiger partial charge in [0.15, 0.2) is 4.80 Å². The fraction of sp³-hybridized carbons (Fsp3) is 0.192. The lowest BCUT2D eigenvalue weighted by molar-refractivity contribution is -0.385. The Labute approximate surface area is 237 Å². The molecule has 1 aliphatic rings. The van der Waals surface area contributed by atoms with E-state index in [-0.39, 0.29) is 27.4 Å². The quantitative estimate of drug-likeness (QED) is 0.161. The number of rotatable bonds is 6. The number of aryl methyl sites for hydroxylation is 1. The topological polar surface area (TPSA) is 130 Å². The molecule has 0 amide bonds. The molecule has 3 aromatic heterocycles. The lowest BCUT2D eigenvalue weighted by Gasteiger charge is -2.22. The molecule has 0 unspecified atom stereocenters. The van der Waals surface area contributed by atoms with Gasteiger partial charge in [-0.25, -0.2) is 9.79 Å². The number of hydrogen-bond donors (Lipinski definition) is 0. The van der Waals surface area contributed by atoms with Gasteiger partial charge in [-0.1, -0.05) is 22.9 Å². The number of halogens is 2. The number of benzene rings is 1. The van der Waals surface area contributed by atoms with Gasteiger partial charge in [0, 0.05) is 17.7 Å². The van der Waals surface area contributed by atoms with Crippen molar-refractivity contribution < 1.29 is 23.3 Å². The molecule has 1 aromatic carbocycles. The molecule has 0 radical (unpaired) electrons. The zero-order valence-electron chi connectivity index (χ0n) is 20.7. The number of nitrogens with zero attached hydrogens (tertiary/aromatic N) is 3. The number of hydrogen-bond acceptors (Lipinski definition) is 9. The summed E-state index contributed by atoms with van der Waals surface area (Å²) in [4.78, 5) is 42.3. The van der Waals surface area contributed by atoms with Crippen molar-refractivity contribution >= 4 is 56.6 Å². The van der Waals surface area contributed by atoms with Crippen LogP contribution in [-0.2, 0) is 9.53 Å². The van der Waals surface area contributed by atoms with E-state index < -0.39 is 22.5 Å².